The predicted molar refractivity (Wildman–Crippen MR) is 88.6 cm³/mol. The van der Waals surface area contributed by atoms with Crippen LogP contribution in [0.2, 0.25) is 5.15 Å². The van der Waals surface area contributed by atoms with Gasteiger partial charge in [-0.15, -0.1) is 0 Å². The molecule has 0 bridgehead atoms. The van der Waals surface area contributed by atoms with E-state index < -0.39 is 4.92 Å². The van der Waals surface area contributed by atoms with E-state index in [2.05, 4.69) is 9.97 Å². The quantitative estimate of drug-likeness (QED) is 0.262. The predicted octanol–water partition coefficient (Wildman–Crippen LogP) is 3.79. The van der Waals surface area contributed by atoms with E-state index in [0.29, 0.717) is 18.2 Å². The molecule has 1 heterocycles. The first kappa shape index (κ1) is 16.5. The van der Waals surface area contributed by atoms with Gasteiger partial charge >= 0.3 is 5.69 Å². The lowest BCUT2D eigenvalue weighted by molar-refractivity contribution is -0.384. The lowest BCUT2D eigenvalue weighted by atomic mass is 10.2. The summed E-state index contributed by atoms with van der Waals surface area (Å²) in [6, 6.07) is 9.71. The molecule has 0 unspecified atom stereocenters. The molecule has 0 atom stereocenters. The molecule has 1 aromatic heterocycles. The highest BCUT2D eigenvalue weighted by Crippen LogP contribution is 2.34. The molecule has 0 saturated carbocycles. The fourth-order valence-corrected chi connectivity index (χ4v) is 2.65. The summed E-state index contributed by atoms with van der Waals surface area (Å²) in [6.07, 6.45) is 1.80. The molecule has 6 nitrogen and oxygen atoms in total. The summed E-state index contributed by atoms with van der Waals surface area (Å²) < 4.78 is 0. The molecule has 2 rings (SSSR count). The van der Waals surface area contributed by atoms with Crippen LogP contribution in [0.5, 0.6) is 0 Å². The Kier molecular flexibility index (Phi) is 5.57. The molecule has 0 N–H and O–H groups in total. The Morgan fingerprint density at radius 3 is 2.55 bits per heavy atom. The van der Waals surface area contributed by atoms with Crippen molar-refractivity contribution in [2.45, 2.75) is 18.6 Å². The van der Waals surface area contributed by atoms with Gasteiger partial charge in [0.15, 0.2) is 5.16 Å². The fourth-order valence-electron chi connectivity index (χ4n) is 2.01. The van der Waals surface area contributed by atoms with Crippen molar-refractivity contribution in [3.05, 3.63) is 51.2 Å². The summed E-state index contributed by atoms with van der Waals surface area (Å²) in [6.45, 7) is 3.00. The van der Waals surface area contributed by atoms with E-state index in [0.717, 1.165) is 5.56 Å². The Morgan fingerprint density at radius 1 is 1.32 bits per heavy atom. The normalized spacial score (nSPS) is 10.5. The number of hydrogen-bond donors (Lipinski definition) is 0. The number of rotatable bonds is 6. The van der Waals surface area contributed by atoms with Gasteiger partial charge in [0.1, 0.15) is 0 Å². The van der Waals surface area contributed by atoms with Crippen molar-refractivity contribution < 1.29 is 4.92 Å². The summed E-state index contributed by atoms with van der Waals surface area (Å²) in [5.41, 5.74) is 0.788. The minimum atomic E-state index is -0.532. The van der Waals surface area contributed by atoms with Crippen LogP contribution in [-0.4, -0.2) is 27.7 Å². The first-order valence-corrected chi connectivity index (χ1v) is 8.21. The molecule has 1 aromatic carbocycles. The second-order valence-corrected chi connectivity index (χ2v) is 5.56. The lowest BCUT2D eigenvalue weighted by Gasteiger charge is -2.22. The molecule has 0 aliphatic heterocycles. The van der Waals surface area contributed by atoms with Crippen LogP contribution in [0.15, 0.2) is 35.5 Å². The van der Waals surface area contributed by atoms with Gasteiger partial charge in [-0.3, -0.25) is 10.1 Å². The summed E-state index contributed by atoms with van der Waals surface area (Å²) in [5.74, 6) is 0.251. The zero-order valence-corrected chi connectivity index (χ0v) is 13.8. The van der Waals surface area contributed by atoms with Crippen molar-refractivity contribution in [3.8, 4) is 0 Å². The van der Waals surface area contributed by atoms with Crippen LogP contribution >= 0.6 is 23.4 Å². The molecule has 2 aromatic rings. The molecule has 0 aliphatic rings. The van der Waals surface area contributed by atoms with Gasteiger partial charge in [0, 0.05) is 13.1 Å². The molecule has 0 radical (unpaired) electrons. The topological polar surface area (TPSA) is 72.2 Å². The Balaban J connectivity index is 2.47. The first-order chi connectivity index (χ1) is 10.6. The first-order valence-electron chi connectivity index (χ1n) is 6.61. The van der Waals surface area contributed by atoms with Crippen LogP contribution in [0.3, 0.4) is 0 Å². The molecular formula is C14H15ClN4O2S. The van der Waals surface area contributed by atoms with Gasteiger partial charge in [0.2, 0.25) is 11.0 Å². The number of nitro groups is 1. The second kappa shape index (κ2) is 7.42. The molecule has 0 aliphatic carbocycles. The van der Waals surface area contributed by atoms with Gasteiger partial charge in [-0.25, -0.2) is 4.98 Å². The summed E-state index contributed by atoms with van der Waals surface area (Å²) in [4.78, 5) is 20.8. The molecule has 0 amide bonds. The molecule has 22 heavy (non-hydrogen) atoms. The van der Waals surface area contributed by atoms with Crippen molar-refractivity contribution in [2.75, 3.05) is 17.7 Å². The van der Waals surface area contributed by atoms with Gasteiger partial charge in [-0.05, 0) is 18.7 Å². The number of thioether (sulfide) groups is 1. The van der Waals surface area contributed by atoms with E-state index in [1.165, 1.54) is 11.8 Å². The van der Waals surface area contributed by atoms with Gasteiger partial charge in [0.05, 0.1) is 4.92 Å². The van der Waals surface area contributed by atoms with Gasteiger partial charge in [0.25, 0.3) is 0 Å². The molecule has 0 spiro atoms. The van der Waals surface area contributed by atoms with Gasteiger partial charge in [-0.2, -0.15) is 4.98 Å². The summed E-state index contributed by atoms with van der Waals surface area (Å²) in [7, 11) is 0. The number of hydrogen-bond acceptors (Lipinski definition) is 6. The minimum absolute atomic E-state index is 0.133. The van der Waals surface area contributed by atoms with E-state index in [4.69, 9.17) is 11.6 Å². The smallest absolute Gasteiger partial charge is 0.347 e. The second-order valence-electron chi connectivity index (χ2n) is 4.43. The molecule has 116 valence electrons. The minimum Gasteiger partial charge on any atom is -0.347 e. The average molecular weight is 339 g/mol. The van der Waals surface area contributed by atoms with Crippen LogP contribution in [0.1, 0.15) is 12.5 Å². The Hall–Kier alpha value is -1.86. The van der Waals surface area contributed by atoms with E-state index in [-0.39, 0.29) is 16.7 Å². The number of halogens is 1. The number of benzene rings is 1. The van der Waals surface area contributed by atoms with Crippen molar-refractivity contribution in [2.24, 2.45) is 0 Å². The number of aromatic nitrogens is 2. The Morgan fingerprint density at radius 2 is 2.00 bits per heavy atom. The fraction of sp³-hybridized carbons (Fsp3) is 0.286. The van der Waals surface area contributed by atoms with E-state index in [1.807, 2.05) is 42.2 Å². The zero-order chi connectivity index (χ0) is 16.1. The molecular weight excluding hydrogens is 324 g/mol. The summed E-state index contributed by atoms with van der Waals surface area (Å²) >= 11 is 7.28. The monoisotopic (exact) mass is 338 g/mol. The maximum atomic E-state index is 11.3. The van der Waals surface area contributed by atoms with E-state index >= 15 is 0 Å². The van der Waals surface area contributed by atoms with Crippen molar-refractivity contribution in [1.82, 2.24) is 9.97 Å². The Bertz CT molecular complexity index is 669. The van der Waals surface area contributed by atoms with E-state index in [1.54, 1.807) is 6.26 Å². The lowest BCUT2D eigenvalue weighted by Crippen LogP contribution is -2.24. The SMILES string of the molecule is CCN(Cc1ccccc1)c1nc(SC)nc(Cl)c1[N+](=O)[O-]. The largest absolute Gasteiger partial charge is 0.348 e. The van der Waals surface area contributed by atoms with Crippen molar-refractivity contribution in [3.63, 3.8) is 0 Å². The van der Waals surface area contributed by atoms with Crippen LogP contribution in [0.25, 0.3) is 0 Å². The van der Waals surface area contributed by atoms with Gasteiger partial charge in [-0.1, -0.05) is 53.7 Å². The number of anilines is 1. The van der Waals surface area contributed by atoms with E-state index in [9.17, 15) is 10.1 Å². The standard InChI is InChI=1S/C14H15ClN4O2S/c1-3-18(9-10-7-5-4-6-8-10)13-11(19(20)21)12(15)16-14(17-13)22-2/h4-8H,3,9H2,1-2H3. The zero-order valence-electron chi connectivity index (χ0n) is 12.2. The third-order valence-corrected chi connectivity index (χ3v) is 3.88. The third-order valence-electron chi connectivity index (χ3n) is 3.07. The highest BCUT2D eigenvalue weighted by Gasteiger charge is 2.27. The highest BCUT2D eigenvalue weighted by molar-refractivity contribution is 7.98. The highest BCUT2D eigenvalue weighted by atomic mass is 35.5. The van der Waals surface area contributed by atoms with Crippen molar-refractivity contribution in [1.29, 1.82) is 0 Å². The van der Waals surface area contributed by atoms with Crippen LogP contribution in [0, 0.1) is 10.1 Å². The maximum Gasteiger partial charge on any atom is 0.348 e. The number of nitrogens with zero attached hydrogens (tertiary/aromatic N) is 4. The average Bonchev–Trinajstić information content (AvgIpc) is 2.52. The molecule has 0 fully saturated rings. The Labute approximate surface area is 137 Å². The third kappa shape index (κ3) is 3.66. The van der Waals surface area contributed by atoms with Crippen LogP contribution < -0.4 is 4.90 Å². The maximum absolute atomic E-state index is 11.3. The van der Waals surface area contributed by atoms with Crippen LogP contribution in [0.4, 0.5) is 11.5 Å². The van der Waals surface area contributed by atoms with Gasteiger partial charge < -0.3 is 4.90 Å². The van der Waals surface area contributed by atoms with Crippen molar-refractivity contribution >= 4 is 34.9 Å². The molecule has 0 saturated heterocycles. The van der Waals surface area contributed by atoms with Crippen LogP contribution in [-0.2, 0) is 6.54 Å². The molecule has 8 heteroatoms. The summed E-state index contributed by atoms with van der Waals surface area (Å²) in [5, 5.41) is 11.6.